The van der Waals surface area contributed by atoms with Crippen molar-refractivity contribution >= 4 is 27.9 Å². The fourth-order valence-corrected chi connectivity index (χ4v) is 3.35. The number of fused-ring (bicyclic) bond motifs is 2. The number of H-pyrrole nitrogens is 2. The third kappa shape index (κ3) is 2.87. The summed E-state index contributed by atoms with van der Waals surface area (Å²) in [5.41, 5.74) is 12.4. The second-order valence-electron chi connectivity index (χ2n) is 6.72. The molecule has 0 aliphatic rings. The Morgan fingerprint density at radius 1 is 0.857 bits per heavy atom. The Kier molecular flexibility index (Phi) is 3.63. The van der Waals surface area contributed by atoms with Crippen LogP contribution in [0.2, 0.25) is 0 Å². The summed E-state index contributed by atoms with van der Waals surface area (Å²) < 4.78 is 0. The van der Waals surface area contributed by atoms with Crippen LogP contribution in [0.5, 0.6) is 0 Å². The highest BCUT2D eigenvalue weighted by molar-refractivity contribution is 5.95. The number of nitrogens with one attached hydrogen (secondary N) is 2. The molecule has 3 aromatic heterocycles. The molecule has 0 aliphatic heterocycles. The zero-order valence-corrected chi connectivity index (χ0v) is 15.2. The van der Waals surface area contributed by atoms with E-state index in [0.29, 0.717) is 11.5 Å². The number of nitrogens with zero attached hydrogens (tertiary/aromatic N) is 2. The van der Waals surface area contributed by atoms with Crippen LogP contribution in [0.4, 0.5) is 5.82 Å². The van der Waals surface area contributed by atoms with E-state index >= 15 is 0 Å². The van der Waals surface area contributed by atoms with Crippen LogP contribution in [-0.4, -0.2) is 19.9 Å². The predicted octanol–water partition coefficient (Wildman–Crippen LogP) is 4.40. The molecule has 0 bridgehead atoms. The Hall–Kier alpha value is -4.04. The van der Waals surface area contributed by atoms with E-state index in [2.05, 4.69) is 43.9 Å². The standard InChI is InChI=1S/C23H17N5/c1-14-25-22-18(13-21(24)28-23(22)26-14)20-12-17-11-16(9-10-19(17)27-20)8-7-15-5-3-2-4-6-15/h2-6,9-13,27H,1H3,(H3,24,25,26,28). The van der Waals surface area contributed by atoms with Gasteiger partial charge >= 0.3 is 0 Å². The van der Waals surface area contributed by atoms with E-state index < -0.39 is 0 Å². The van der Waals surface area contributed by atoms with Crippen molar-refractivity contribution in [1.29, 1.82) is 0 Å². The lowest BCUT2D eigenvalue weighted by Crippen LogP contribution is -1.92. The predicted molar refractivity (Wildman–Crippen MR) is 113 cm³/mol. The van der Waals surface area contributed by atoms with Gasteiger partial charge in [-0.05, 0) is 49.4 Å². The van der Waals surface area contributed by atoms with E-state index in [4.69, 9.17) is 5.73 Å². The number of anilines is 1. The topological polar surface area (TPSA) is 83.4 Å². The molecule has 3 heterocycles. The summed E-state index contributed by atoms with van der Waals surface area (Å²) in [6.45, 7) is 1.91. The van der Waals surface area contributed by atoms with Gasteiger partial charge in [0.2, 0.25) is 0 Å². The van der Waals surface area contributed by atoms with Crippen molar-refractivity contribution in [2.24, 2.45) is 0 Å². The molecular formula is C23H17N5. The minimum atomic E-state index is 0.458. The average molecular weight is 363 g/mol. The van der Waals surface area contributed by atoms with Gasteiger partial charge in [-0.1, -0.05) is 30.0 Å². The maximum Gasteiger partial charge on any atom is 0.160 e. The first kappa shape index (κ1) is 16.2. The Bertz CT molecular complexity index is 1380. The van der Waals surface area contributed by atoms with Gasteiger partial charge in [-0.3, -0.25) is 0 Å². The lowest BCUT2D eigenvalue weighted by Gasteiger charge is -2.01. The molecule has 0 saturated carbocycles. The maximum absolute atomic E-state index is 5.99. The summed E-state index contributed by atoms with van der Waals surface area (Å²) in [4.78, 5) is 15.5. The Morgan fingerprint density at radius 3 is 2.54 bits per heavy atom. The summed E-state index contributed by atoms with van der Waals surface area (Å²) in [7, 11) is 0. The van der Waals surface area contributed by atoms with E-state index in [1.165, 1.54) is 0 Å². The number of nitrogen functional groups attached to an aromatic ring is 1. The molecule has 0 atom stereocenters. The third-order valence-electron chi connectivity index (χ3n) is 4.63. The zero-order chi connectivity index (χ0) is 19.1. The summed E-state index contributed by atoms with van der Waals surface area (Å²) in [6, 6.07) is 20.1. The summed E-state index contributed by atoms with van der Waals surface area (Å²) in [5.74, 6) is 7.70. The first-order valence-corrected chi connectivity index (χ1v) is 8.99. The number of nitrogens with two attached hydrogens (primary N) is 1. The molecule has 0 fully saturated rings. The molecule has 0 saturated heterocycles. The fourth-order valence-electron chi connectivity index (χ4n) is 3.35. The van der Waals surface area contributed by atoms with Gasteiger partial charge in [0.15, 0.2) is 5.65 Å². The quantitative estimate of drug-likeness (QED) is 0.386. The van der Waals surface area contributed by atoms with Crippen LogP contribution >= 0.6 is 0 Å². The molecule has 2 aromatic carbocycles. The van der Waals surface area contributed by atoms with Gasteiger partial charge in [0, 0.05) is 33.3 Å². The molecule has 5 rings (SSSR count). The lowest BCUT2D eigenvalue weighted by molar-refractivity contribution is 1.16. The number of hydrogen-bond acceptors (Lipinski definition) is 3. The molecule has 0 spiro atoms. The minimum Gasteiger partial charge on any atom is -0.384 e. The highest BCUT2D eigenvalue weighted by atomic mass is 15.0. The van der Waals surface area contributed by atoms with Gasteiger partial charge in [-0.15, -0.1) is 0 Å². The number of aromatic nitrogens is 4. The molecule has 0 aliphatic carbocycles. The Morgan fingerprint density at radius 2 is 1.68 bits per heavy atom. The van der Waals surface area contributed by atoms with Crippen LogP contribution in [0.25, 0.3) is 33.3 Å². The highest BCUT2D eigenvalue weighted by Crippen LogP contribution is 2.30. The molecule has 5 nitrogen and oxygen atoms in total. The second kappa shape index (κ2) is 6.29. The SMILES string of the molecule is Cc1nc2c(-c3cc4cc(C#Cc5ccccc5)ccc4[nH]3)cc(N)nc2[nH]1. The molecule has 0 amide bonds. The van der Waals surface area contributed by atoms with E-state index in [1.807, 2.05) is 55.5 Å². The fraction of sp³-hybridized carbons (Fsp3) is 0.0435. The largest absolute Gasteiger partial charge is 0.384 e. The zero-order valence-electron chi connectivity index (χ0n) is 15.2. The van der Waals surface area contributed by atoms with Gasteiger partial charge in [0.05, 0.1) is 0 Å². The maximum atomic E-state index is 5.99. The molecule has 0 radical (unpaired) electrons. The van der Waals surface area contributed by atoms with Crippen LogP contribution in [0.1, 0.15) is 17.0 Å². The minimum absolute atomic E-state index is 0.458. The van der Waals surface area contributed by atoms with E-state index in [9.17, 15) is 0 Å². The first-order chi connectivity index (χ1) is 13.7. The second-order valence-corrected chi connectivity index (χ2v) is 6.72. The van der Waals surface area contributed by atoms with Gasteiger partial charge in [-0.2, -0.15) is 0 Å². The van der Waals surface area contributed by atoms with Crippen molar-refractivity contribution in [3.63, 3.8) is 0 Å². The molecule has 5 aromatic rings. The van der Waals surface area contributed by atoms with Crippen LogP contribution < -0.4 is 5.73 Å². The summed E-state index contributed by atoms with van der Waals surface area (Å²) in [5, 5.41) is 1.09. The summed E-state index contributed by atoms with van der Waals surface area (Å²) >= 11 is 0. The number of pyridine rings is 1. The van der Waals surface area contributed by atoms with Crippen LogP contribution in [0.15, 0.2) is 60.7 Å². The molecule has 5 heteroatoms. The van der Waals surface area contributed by atoms with Gasteiger partial charge < -0.3 is 15.7 Å². The van der Waals surface area contributed by atoms with Crippen LogP contribution in [0, 0.1) is 18.8 Å². The van der Waals surface area contributed by atoms with Crippen molar-refractivity contribution in [1.82, 2.24) is 19.9 Å². The Labute approximate surface area is 161 Å². The number of benzene rings is 2. The monoisotopic (exact) mass is 363 g/mol. The van der Waals surface area contributed by atoms with Crippen LogP contribution in [0.3, 0.4) is 0 Å². The van der Waals surface area contributed by atoms with Crippen molar-refractivity contribution in [3.8, 4) is 23.1 Å². The van der Waals surface area contributed by atoms with E-state index in [-0.39, 0.29) is 0 Å². The number of hydrogen-bond donors (Lipinski definition) is 3. The lowest BCUT2D eigenvalue weighted by atomic mass is 10.1. The molecular weight excluding hydrogens is 346 g/mol. The van der Waals surface area contributed by atoms with Gasteiger partial charge in [-0.25, -0.2) is 9.97 Å². The van der Waals surface area contributed by atoms with Crippen LogP contribution in [-0.2, 0) is 0 Å². The summed E-state index contributed by atoms with van der Waals surface area (Å²) in [6.07, 6.45) is 0. The highest BCUT2D eigenvalue weighted by Gasteiger charge is 2.13. The van der Waals surface area contributed by atoms with Crippen molar-refractivity contribution in [3.05, 3.63) is 77.6 Å². The molecule has 0 unspecified atom stereocenters. The van der Waals surface area contributed by atoms with E-state index in [1.54, 1.807) is 0 Å². The van der Waals surface area contributed by atoms with Crippen molar-refractivity contribution < 1.29 is 0 Å². The smallest absolute Gasteiger partial charge is 0.160 e. The van der Waals surface area contributed by atoms with Gasteiger partial charge in [0.25, 0.3) is 0 Å². The number of aromatic amines is 2. The molecule has 4 N–H and O–H groups in total. The normalized spacial score (nSPS) is 10.9. The van der Waals surface area contributed by atoms with Crippen molar-refractivity contribution in [2.75, 3.05) is 5.73 Å². The van der Waals surface area contributed by atoms with E-state index in [0.717, 1.165) is 44.6 Å². The number of imidazole rings is 1. The third-order valence-corrected chi connectivity index (χ3v) is 4.63. The molecule has 134 valence electrons. The van der Waals surface area contributed by atoms with Gasteiger partial charge in [0.1, 0.15) is 17.2 Å². The van der Waals surface area contributed by atoms with Crippen molar-refractivity contribution in [2.45, 2.75) is 6.92 Å². The molecule has 28 heavy (non-hydrogen) atoms. The number of aryl methyl sites for hydroxylation is 1. The Balaban J connectivity index is 1.59. The first-order valence-electron chi connectivity index (χ1n) is 8.99. The number of rotatable bonds is 1. The average Bonchev–Trinajstić information content (AvgIpc) is 3.28.